The molecule has 1 aliphatic heterocycles. The zero-order chi connectivity index (χ0) is 13.9. The predicted molar refractivity (Wildman–Crippen MR) is 82.1 cm³/mol. The van der Waals surface area contributed by atoms with Gasteiger partial charge in [-0.15, -0.1) is 0 Å². The fraction of sp³-hybridized carbons (Fsp3) is 0.647. The van der Waals surface area contributed by atoms with E-state index in [-0.39, 0.29) is 0 Å². The normalized spacial score (nSPS) is 23.2. The zero-order valence-corrected chi connectivity index (χ0v) is 12.5. The smallest absolute Gasteiger partial charge is 0.115 e. The summed E-state index contributed by atoms with van der Waals surface area (Å²) in [6.07, 6.45) is 6.33. The van der Waals surface area contributed by atoms with Crippen LogP contribution in [0.5, 0.6) is 5.75 Å². The lowest BCUT2D eigenvalue weighted by Gasteiger charge is -2.34. The number of likely N-dealkylation sites (N-methyl/N-ethyl adjacent to an activating group) is 1. The van der Waals surface area contributed by atoms with Crippen LogP contribution < -0.4 is 0 Å². The topological polar surface area (TPSA) is 26.7 Å². The van der Waals surface area contributed by atoms with E-state index >= 15 is 0 Å². The third-order valence-electron chi connectivity index (χ3n) is 4.91. The van der Waals surface area contributed by atoms with Crippen molar-refractivity contribution in [3.8, 4) is 5.75 Å². The van der Waals surface area contributed by atoms with E-state index in [0.717, 1.165) is 13.0 Å². The summed E-state index contributed by atoms with van der Waals surface area (Å²) in [5.74, 6) is 0.407. The molecule has 0 aromatic heterocycles. The number of aryl methyl sites for hydroxylation is 1. The molecule has 1 N–H and O–H groups in total. The van der Waals surface area contributed by atoms with Crippen molar-refractivity contribution in [2.24, 2.45) is 0 Å². The molecule has 3 nitrogen and oxygen atoms in total. The molecule has 0 amide bonds. The van der Waals surface area contributed by atoms with E-state index < -0.39 is 0 Å². The van der Waals surface area contributed by atoms with Crippen molar-refractivity contribution in [1.29, 1.82) is 0 Å². The number of fused-ring (bicyclic) bond motifs is 1. The van der Waals surface area contributed by atoms with Crippen molar-refractivity contribution < 1.29 is 5.11 Å². The SMILES string of the molecule is CN(CCN1CCCC1)C1CCCc2cc(O)ccc21. The largest absolute Gasteiger partial charge is 0.508 e. The van der Waals surface area contributed by atoms with Crippen LogP contribution >= 0.6 is 0 Å². The fourth-order valence-corrected chi connectivity index (χ4v) is 3.69. The van der Waals surface area contributed by atoms with Gasteiger partial charge in [0.05, 0.1) is 0 Å². The number of aromatic hydroxyl groups is 1. The maximum Gasteiger partial charge on any atom is 0.115 e. The summed E-state index contributed by atoms with van der Waals surface area (Å²) in [6, 6.07) is 6.45. The summed E-state index contributed by atoms with van der Waals surface area (Å²) >= 11 is 0. The van der Waals surface area contributed by atoms with Gasteiger partial charge in [-0.1, -0.05) is 6.07 Å². The Morgan fingerprint density at radius 1 is 1.25 bits per heavy atom. The summed E-state index contributed by atoms with van der Waals surface area (Å²) in [5, 5.41) is 9.64. The van der Waals surface area contributed by atoms with Crippen molar-refractivity contribution in [1.82, 2.24) is 9.80 Å². The maximum atomic E-state index is 9.64. The maximum absolute atomic E-state index is 9.64. The highest BCUT2D eigenvalue weighted by molar-refractivity contribution is 5.38. The molecule has 1 aromatic carbocycles. The Kier molecular flexibility index (Phi) is 4.27. The molecule has 3 rings (SSSR count). The molecular weight excluding hydrogens is 248 g/mol. The van der Waals surface area contributed by atoms with Crippen LogP contribution in [-0.4, -0.2) is 48.1 Å². The lowest BCUT2D eigenvalue weighted by molar-refractivity contribution is 0.190. The van der Waals surface area contributed by atoms with Gasteiger partial charge in [0.1, 0.15) is 5.75 Å². The number of likely N-dealkylation sites (tertiary alicyclic amines) is 1. The first-order chi connectivity index (χ1) is 9.74. The van der Waals surface area contributed by atoms with E-state index in [2.05, 4.69) is 22.9 Å². The monoisotopic (exact) mass is 274 g/mol. The molecule has 0 bridgehead atoms. The van der Waals surface area contributed by atoms with Crippen molar-refractivity contribution in [2.45, 2.75) is 38.1 Å². The molecule has 0 radical (unpaired) electrons. The third-order valence-corrected chi connectivity index (χ3v) is 4.91. The summed E-state index contributed by atoms with van der Waals surface area (Å²) in [5.41, 5.74) is 2.77. The van der Waals surface area contributed by atoms with Crippen LogP contribution in [0.2, 0.25) is 0 Å². The molecule has 1 heterocycles. The first-order valence-corrected chi connectivity index (χ1v) is 7.98. The lowest BCUT2D eigenvalue weighted by Crippen LogP contribution is -2.35. The number of benzene rings is 1. The molecule has 1 unspecified atom stereocenters. The Balaban J connectivity index is 1.65. The van der Waals surface area contributed by atoms with Gasteiger partial charge < -0.3 is 10.0 Å². The minimum atomic E-state index is 0.407. The molecular formula is C17H26N2O. The van der Waals surface area contributed by atoms with E-state index in [1.54, 1.807) is 0 Å². The molecule has 1 fully saturated rings. The third kappa shape index (κ3) is 2.99. The number of nitrogens with zero attached hydrogens (tertiary/aromatic N) is 2. The second kappa shape index (κ2) is 6.15. The molecule has 1 aromatic rings. The molecule has 110 valence electrons. The second-order valence-electron chi connectivity index (χ2n) is 6.32. The van der Waals surface area contributed by atoms with Gasteiger partial charge in [0, 0.05) is 19.1 Å². The van der Waals surface area contributed by atoms with Gasteiger partial charge in [-0.25, -0.2) is 0 Å². The van der Waals surface area contributed by atoms with E-state index in [1.165, 1.54) is 56.4 Å². The van der Waals surface area contributed by atoms with Gasteiger partial charge in [-0.05, 0) is 75.5 Å². The summed E-state index contributed by atoms with van der Waals surface area (Å²) in [7, 11) is 2.25. The van der Waals surface area contributed by atoms with Crippen molar-refractivity contribution in [3.05, 3.63) is 29.3 Å². The van der Waals surface area contributed by atoms with Crippen LogP contribution in [0.25, 0.3) is 0 Å². The highest BCUT2D eigenvalue weighted by Crippen LogP contribution is 2.35. The second-order valence-corrected chi connectivity index (χ2v) is 6.32. The molecule has 0 saturated carbocycles. The highest BCUT2D eigenvalue weighted by Gasteiger charge is 2.24. The van der Waals surface area contributed by atoms with Crippen LogP contribution in [0.4, 0.5) is 0 Å². The molecule has 20 heavy (non-hydrogen) atoms. The van der Waals surface area contributed by atoms with Gasteiger partial charge in [-0.2, -0.15) is 0 Å². The molecule has 1 aliphatic carbocycles. The number of phenolic OH excluding ortho intramolecular Hbond substituents is 1. The summed E-state index contributed by atoms with van der Waals surface area (Å²) < 4.78 is 0. The average molecular weight is 274 g/mol. The van der Waals surface area contributed by atoms with Gasteiger partial charge in [-0.3, -0.25) is 4.90 Å². The van der Waals surface area contributed by atoms with E-state index in [9.17, 15) is 5.11 Å². The minimum Gasteiger partial charge on any atom is -0.508 e. The molecule has 2 aliphatic rings. The van der Waals surface area contributed by atoms with Gasteiger partial charge >= 0.3 is 0 Å². The van der Waals surface area contributed by atoms with Gasteiger partial charge in [0.25, 0.3) is 0 Å². The van der Waals surface area contributed by atoms with Crippen LogP contribution in [0.1, 0.15) is 42.9 Å². The lowest BCUT2D eigenvalue weighted by atomic mass is 9.87. The van der Waals surface area contributed by atoms with Crippen LogP contribution in [0.3, 0.4) is 0 Å². The minimum absolute atomic E-state index is 0.407. The molecule has 1 saturated heterocycles. The van der Waals surface area contributed by atoms with Crippen LogP contribution in [0, 0.1) is 0 Å². The average Bonchev–Trinajstić information content (AvgIpc) is 2.97. The van der Waals surface area contributed by atoms with Gasteiger partial charge in [0.2, 0.25) is 0 Å². The van der Waals surface area contributed by atoms with E-state index in [4.69, 9.17) is 0 Å². The summed E-state index contributed by atoms with van der Waals surface area (Å²) in [6.45, 7) is 4.90. The molecule has 1 atom stereocenters. The molecule has 3 heteroatoms. The van der Waals surface area contributed by atoms with Crippen LogP contribution in [-0.2, 0) is 6.42 Å². The summed E-state index contributed by atoms with van der Waals surface area (Å²) in [4.78, 5) is 5.09. The van der Waals surface area contributed by atoms with Crippen molar-refractivity contribution >= 4 is 0 Å². The Morgan fingerprint density at radius 3 is 2.85 bits per heavy atom. The molecule has 0 spiro atoms. The Morgan fingerprint density at radius 2 is 2.05 bits per heavy atom. The number of hydrogen-bond donors (Lipinski definition) is 1. The van der Waals surface area contributed by atoms with E-state index in [1.807, 2.05) is 12.1 Å². The number of rotatable bonds is 4. The number of hydrogen-bond acceptors (Lipinski definition) is 3. The van der Waals surface area contributed by atoms with E-state index in [0.29, 0.717) is 11.8 Å². The highest BCUT2D eigenvalue weighted by atomic mass is 16.3. The zero-order valence-electron chi connectivity index (χ0n) is 12.5. The Labute approximate surface area is 122 Å². The fourth-order valence-electron chi connectivity index (χ4n) is 3.69. The standard InChI is InChI=1S/C17H26N2O/c1-18(11-12-19-9-2-3-10-19)17-6-4-5-14-13-15(20)7-8-16(14)17/h7-8,13,17,20H,2-6,9-12H2,1H3. The number of phenols is 1. The quantitative estimate of drug-likeness (QED) is 0.914. The predicted octanol–water partition coefficient (Wildman–Crippen LogP) is 2.80. The van der Waals surface area contributed by atoms with Gasteiger partial charge in [0.15, 0.2) is 0 Å². The van der Waals surface area contributed by atoms with Crippen molar-refractivity contribution in [3.63, 3.8) is 0 Å². The first-order valence-electron chi connectivity index (χ1n) is 7.98. The first kappa shape index (κ1) is 13.9. The Hall–Kier alpha value is -1.06. The Bertz CT molecular complexity index is 454. The van der Waals surface area contributed by atoms with Crippen molar-refractivity contribution in [2.75, 3.05) is 33.2 Å². The van der Waals surface area contributed by atoms with Crippen LogP contribution in [0.15, 0.2) is 18.2 Å².